The van der Waals surface area contributed by atoms with Gasteiger partial charge in [0.05, 0.1) is 11.9 Å². The van der Waals surface area contributed by atoms with Crippen molar-refractivity contribution in [2.45, 2.75) is 6.92 Å². The molecule has 8 nitrogen and oxygen atoms in total. The first-order chi connectivity index (χ1) is 13.7. The average molecular weight is 371 g/mol. The van der Waals surface area contributed by atoms with Crippen LogP contribution < -0.4 is 11.0 Å². The molecule has 0 aliphatic rings. The van der Waals surface area contributed by atoms with Crippen molar-refractivity contribution in [2.24, 2.45) is 5.10 Å². The number of aromatic nitrogens is 5. The van der Waals surface area contributed by atoms with E-state index in [0.717, 1.165) is 22.5 Å². The second kappa shape index (κ2) is 7.67. The highest BCUT2D eigenvalue weighted by atomic mass is 16.1. The minimum absolute atomic E-state index is 0.170. The summed E-state index contributed by atoms with van der Waals surface area (Å²) in [7, 11) is 0. The third kappa shape index (κ3) is 3.70. The highest BCUT2D eigenvalue weighted by Crippen LogP contribution is 2.22. The van der Waals surface area contributed by atoms with Gasteiger partial charge in [-0.25, -0.2) is 10.1 Å². The van der Waals surface area contributed by atoms with E-state index in [4.69, 9.17) is 5.10 Å². The molecule has 0 amide bonds. The van der Waals surface area contributed by atoms with Crippen LogP contribution in [0.1, 0.15) is 11.3 Å². The summed E-state index contributed by atoms with van der Waals surface area (Å²) in [6.07, 6.45) is 3.53. The van der Waals surface area contributed by atoms with Crippen LogP contribution in [0.3, 0.4) is 0 Å². The summed E-state index contributed by atoms with van der Waals surface area (Å²) in [6, 6.07) is 19.7. The summed E-state index contributed by atoms with van der Waals surface area (Å²) in [5, 5.41) is 16.5. The molecule has 0 unspecified atom stereocenters. The van der Waals surface area contributed by atoms with Gasteiger partial charge in [0.15, 0.2) is 0 Å². The highest BCUT2D eigenvalue weighted by Gasteiger charge is 2.10. The molecule has 0 aliphatic carbocycles. The number of hydrogen-bond donors (Lipinski definition) is 2. The van der Waals surface area contributed by atoms with Gasteiger partial charge >= 0.3 is 0 Å². The van der Waals surface area contributed by atoms with Gasteiger partial charge in [0.2, 0.25) is 5.95 Å². The Bertz CT molecular complexity index is 1160. The van der Waals surface area contributed by atoms with Crippen LogP contribution in [0.25, 0.3) is 16.9 Å². The summed E-state index contributed by atoms with van der Waals surface area (Å²) >= 11 is 0. The number of hydrogen-bond acceptors (Lipinski definition) is 6. The smallest absolute Gasteiger partial charge is 0.274 e. The van der Waals surface area contributed by atoms with Crippen LogP contribution in [-0.4, -0.2) is 31.2 Å². The molecule has 2 aromatic heterocycles. The molecule has 4 aromatic rings. The molecule has 2 heterocycles. The topological polar surface area (TPSA) is 101 Å². The molecule has 0 fully saturated rings. The summed E-state index contributed by atoms with van der Waals surface area (Å²) in [6.45, 7) is 1.59. The predicted octanol–water partition coefficient (Wildman–Crippen LogP) is 2.77. The largest absolute Gasteiger partial charge is 0.288 e. The van der Waals surface area contributed by atoms with Crippen molar-refractivity contribution in [1.82, 2.24) is 25.0 Å². The first-order valence-corrected chi connectivity index (χ1v) is 8.64. The molecule has 0 bridgehead atoms. The molecule has 138 valence electrons. The van der Waals surface area contributed by atoms with Gasteiger partial charge in [-0.05, 0) is 19.1 Å². The van der Waals surface area contributed by atoms with E-state index in [-0.39, 0.29) is 11.5 Å². The van der Waals surface area contributed by atoms with Gasteiger partial charge in [-0.3, -0.25) is 9.78 Å². The number of anilines is 1. The third-order valence-electron chi connectivity index (χ3n) is 4.05. The number of H-pyrrole nitrogens is 1. The zero-order chi connectivity index (χ0) is 19.3. The number of aromatic amines is 1. The molecule has 4 rings (SSSR count). The standard InChI is InChI=1S/C20H17N7O/c1-14-19(28)22-20(25-23-14)24-21-12-16-13-27(17-10-6-3-7-11-17)26-18(16)15-8-4-2-5-9-15/h2-13H,1H3,(H2,22,24,25,28)/b21-12+. The van der Waals surface area contributed by atoms with Gasteiger partial charge < -0.3 is 0 Å². The van der Waals surface area contributed by atoms with Crippen molar-refractivity contribution >= 4 is 12.2 Å². The minimum Gasteiger partial charge on any atom is -0.288 e. The lowest BCUT2D eigenvalue weighted by molar-refractivity contribution is 0.884. The van der Waals surface area contributed by atoms with Crippen LogP contribution in [0, 0.1) is 6.92 Å². The molecule has 0 saturated heterocycles. The van der Waals surface area contributed by atoms with Crippen molar-refractivity contribution in [3.8, 4) is 16.9 Å². The Kier molecular flexibility index (Phi) is 4.75. The van der Waals surface area contributed by atoms with Crippen LogP contribution >= 0.6 is 0 Å². The van der Waals surface area contributed by atoms with Crippen molar-refractivity contribution < 1.29 is 0 Å². The molecule has 0 aliphatic heterocycles. The molecular formula is C20H17N7O. The number of aryl methyl sites for hydroxylation is 1. The Morgan fingerprint density at radius 2 is 1.75 bits per heavy atom. The van der Waals surface area contributed by atoms with Crippen LogP contribution in [0.5, 0.6) is 0 Å². The first-order valence-electron chi connectivity index (χ1n) is 8.64. The lowest BCUT2D eigenvalue weighted by Crippen LogP contribution is -2.15. The van der Waals surface area contributed by atoms with Gasteiger partial charge in [0.25, 0.3) is 5.56 Å². The van der Waals surface area contributed by atoms with Crippen LogP contribution in [0.2, 0.25) is 0 Å². The lowest BCUT2D eigenvalue weighted by Gasteiger charge is -2.00. The van der Waals surface area contributed by atoms with Gasteiger partial charge in [0.1, 0.15) is 11.4 Å². The molecule has 28 heavy (non-hydrogen) atoms. The van der Waals surface area contributed by atoms with Crippen molar-refractivity contribution in [1.29, 1.82) is 0 Å². The van der Waals surface area contributed by atoms with E-state index in [0.29, 0.717) is 5.69 Å². The molecule has 2 N–H and O–H groups in total. The number of para-hydroxylation sites is 1. The number of benzene rings is 2. The van der Waals surface area contributed by atoms with Gasteiger partial charge in [-0.15, -0.1) is 10.2 Å². The van der Waals surface area contributed by atoms with E-state index in [1.807, 2.05) is 66.9 Å². The maximum Gasteiger partial charge on any atom is 0.274 e. The Labute approximate surface area is 160 Å². The van der Waals surface area contributed by atoms with Gasteiger partial charge in [-0.2, -0.15) is 10.2 Å². The van der Waals surface area contributed by atoms with Gasteiger partial charge in [-0.1, -0.05) is 48.5 Å². The van der Waals surface area contributed by atoms with Crippen molar-refractivity contribution in [3.63, 3.8) is 0 Å². The fourth-order valence-electron chi connectivity index (χ4n) is 2.62. The van der Waals surface area contributed by atoms with Crippen LogP contribution in [-0.2, 0) is 0 Å². The monoisotopic (exact) mass is 371 g/mol. The zero-order valence-corrected chi connectivity index (χ0v) is 15.1. The van der Waals surface area contributed by atoms with E-state index in [2.05, 4.69) is 25.7 Å². The summed E-state index contributed by atoms with van der Waals surface area (Å²) in [5.74, 6) is 0.170. The summed E-state index contributed by atoms with van der Waals surface area (Å²) < 4.78 is 1.80. The normalized spacial score (nSPS) is 11.0. The van der Waals surface area contributed by atoms with Crippen molar-refractivity contribution in [2.75, 3.05) is 5.43 Å². The van der Waals surface area contributed by atoms with Crippen molar-refractivity contribution in [3.05, 3.63) is 88.5 Å². The first kappa shape index (κ1) is 17.3. The molecule has 8 heteroatoms. The average Bonchev–Trinajstić information content (AvgIpc) is 3.16. The molecule has 2 aromatic carbocycles. The summed E-state index contributed by atoms with van der Waals surface area (Å²) in [4.78, 5) is 14.2. The van der Waals surface area contributed by atoms with E-state index < -0.39 is 0 Å². The Hall–Kier alpha value is -4.07. The quantitative estimate of drug-likeness (QED) is 0.415. The molecule has 0 saturated carbocycles. The zero-order valence-electron chi connectivity index (χ0n) is 15.1. The second-order valence-electron chi connectivity index (χ2n) is 6.04. The molecule has 0 atom stereocenters. The molecular weight excluding hydrogens is 354 g/mol. The SMILES string of the molecule is Cc1nnc(N/N=C/c2cn(-c3ccccc3)nc2-c2ccccc2)[nH]c1=O. The maximum atomic E-state index is 11.6. The van der Waals surface area contributed by atoms with Crippen LogP contribution in [0.15, 0.2) is 76.8 Å². The predicted molar refractivity (Wildman–Crippen MR) is 108 cm³/mol. The lowest BCUT2D eigenvalue weighted by atomic mass is 10.1. The number of hydrazone groups is 1. The number of nitrogens with one attached hydrogen (secondary N) is 2. The van der Waals surface area contributed by atoms with E-state index in [1.54, 1.807) is 17.8 Å². The fraction of sp³-hybridized carbons (Fsp3) is 0.0500. The maximum absolute atomic E-state index is 11.6. The third-order valence-corrected chi connectivity index (χ3v) is 4.05. The van der Waals surface area contributed by atoms with Gasteiger partial charge in [0, 0.05) is 17.3 Å². The second-order valence-corrected chi connectivity index (χ2v) is 6.04. The molecule has 0 spiro atoms. The fourth-order valence-corrected chi connectivity index (χ4v) is 2.62. The van der Waals surface area contributed by atoms with Crippen LogP contribution in [0.4, 0.5) is 5.95 Å². The minimum atomic E-state index is -0.311. The summed E-state index contributed by atoms with van der Waals surface area (Å²) in [5.41, 5.74) is 6.20. The Morgan fingerprint density at radius 3 is 2.46 bits per heavy atom. The van der Waals surface area contributed by atoms with E-state index in [1.165, 1.54) is 0 Å². The number of nitrogens with zero attached hydrogens (tertiary/aromatic N) is 5. The molecule has 0 radical (unpaired) electrons. The highest BCUT2D eigenvalue weighted by molar-refractivity contribution is 5.89. The van der Waals surface area contributed by atoms with E-state index >= 15 is 0 Å². The Morgan fingerprint density at radius 1 is 1.04 bits per heavy atom. The van der Waals surface area contributed by atoms with E-state index in [9.17, 15) is 4.79 Å². The Balaban J connectivity index is 1.67. The number of rotatable bonds is 5.